The number of nitro benzene ring substituents is 1. The molecule has 0 unspecified atom stereocenters. The van der Waals surface area contributed by atoms with Crippen molar-refractivity contribution >= 4 is 34.6 Å². The number of carbonyl (C=O) groups excluding carboxylic acids is 1. The van der Waals surface area contributed by atoms with Gasteiger partial charge in [-0.25, -0.2) is 0 Å². The Morgan fingerprint density at radius 2 is 1.76 bits per heavy atom. The first-order chi connectivity index (χ1) is 12.0. The van der Waals surface area contributed by atoms with Gasteiger partial charge >= 0.3 is 0 Å². The van der Waals surface area contributed by atoms with E-state index in [4.69, 9.17) is 16.6 Å². The molecule has 3 rings (SSSR count). The standard InChI is InChI=1S/C16H16N4O4S/c21-15(14-2-1-11-24-14)18-7-9-19(10-8-18)16(25)17-12-3-5-13(6-4-12)20(22)23/h1-6,11H,7-10H2,(H,17,25). The van der Waals surface area contributed by atoms with Crippen LogP contribution >= 0.6 is 12.2 Å². The Kier molecular flexibility index (Phi) is 4.94. The Bertz CT molecular complexity index is 768. The van der Waals surface area contributed by atoms with E-state index >= 15 is 0 Å². The molecule has 1 saturated heterocycles. The molecule has 1 amide bonds. The van der Waals surface area contributed by atoms with Crippen LogP contribution in [0.4, 0.5) is 11.4 Å². The van der Waals surface area contributed by atoms with Crippen LogP contribution in [0, 0.1) is 10.1 Å². The van der Waals surface area contributed by atoms with E-state index in [1.807, 2.05) is 4.90 Å². The summed E-state index contributed by atoms with van der Waals surface area (Å²) in [5.74, 6) is 0.207. The molecule has 1 aromatic heterocycles. The molecule has 1 aliphatic rings. The quantitative estimate of drug-likeness (QED) is 0.510. The fourth-order valence-electron chi connectivity index (χ4n) is 2.54. The van der Waals surface area contributed by atoms with E-state index in [9.17, 15) is 14.9 Å². The minimum Gasteiger partial charge on any atom is -0.459 e. The summed E-state index contributed by atoms with van der Waals surface area (Å²) in [5, 5.41) is 14.3. The van der Waals surface area contributed by atoms with Crippen LogP contribution in [0.1, 0.15) is 10.6 Å². The number of hydrogen-bond donors (Lipinski definition) is 1. The number of furan rings is 1. The van der Waals surface area contributed by atoms with Gasteiger partial charge in [0.2, 0.25) is 0 Å². The normalized spacial score (nSPS) is 14.2. The number of non-ortho nitro benzene ring substituents is 1. The third kappa shape index (κ3) is 3.94. The zero-order valence-corrected chi connectivity index (χ0v) is 14.1. The zero-order valence-electron chi connectivity index (χ0n) is 13.3. The number of thiocarbonyl (C=S) groups is 1. The SMILES string of the molecule is O=C(c1ccco1)N1CCN(C(=S)Nc2ccc([N+](=O)[O-])cc2)CC1. The van der Waals surface area contributed by atoms with Crippen molar-refractivity contribution in [1.29, 1.82) is 0 Å². The van der Waals surface area contributed by atoms with Crippen LogP contribution in [0.2, 0.25) is 0 Å². The van der Waals surface area contributed by atoms with Crippen LogP contribution in [0.25, 0.3) is 0 Å². The fraction of sp³-hybridized carbons (Fsp3) is 0.250. The monoisotopic (exact) mass is 360 g/mol. The van der Waals surface area contributed by atoms with Crippen LogP contribution < -0.4 is 5.32 Å². The molecule has 1 fully saturated rings. The van der Waals surface area contributed by atoms with Crippen molar-refractivity contribution in [2.45, 2.75) is 0 Å². The molecule has 2 heterocycles. The largest absolute Gasteiger partial charge is 0.459 e. The molecule has 0 atom stereocenters. The molecule has 0 aliphatic carbocycles. The first-order valence-corrected chi connectivity index (χ1v) is 8.08. The van der Waals surface area contributed by atoms with Crippen molar-refractivity contribution in [3.05, 3.63) is 58.5 Å². The lowest BCUT2D eigenvalue weighted by Crippen LogP contribution is -2.51. The molecule has 1 aromatic carbocycles. The predicted octanol–water partition coefficient (Wildman–Crippen LogP) is 2.34. The van der Waals surface area contributed by atoms with Gasteiger partial charge in [-0.1, -0.05) is 0 Å². The third-order valence-electron chi connectivity index (χ3n) is 3.92. The maximum absolute atomic E-state index is 12.2. The first kappa shape index (κ1) is 16.9. The average molecular weight is 360 g/mol. The molecular formula is C16H16N4O4S. The first-order valence-electron chi connectivity index (χ1n) is 7.68. The second-order valence-electron chi connectivity index (χ2n) is 5.49. The highest BCUT2D eigenvalue weighted by atomic mass is 32.1. The van der Waals surface area contributed by atoms with Gasteiger partial charge in [-0.15, -0.1) is 0 Å². The smallest absolute Gasteiger partial charge is 0.289 e. The van der Waals surface area contributed by atoms with Crippen LogP contribution in [0.5, 0.6) is 0 Å². The summed E-state index contributed by atoms with van der Waals surface area (Å²) in [6, 6.07) is 9.40. The van der Waals surface area contributed by atoms with Gasteiger partial charge in [0.15, 0.2) is 10.9 Å². The molecule has 130 valence electrons. The number of rotatable bonds is 3. The number of carbonyl (C=O) groups is 1. The van der Waals surface area contributed by atoms with Crippen molar-refractivity contribution in [3.63, 3.8) is 0 Å². The van der Waals surface area contributed by atoms with Gasteiger partial charge < -0.3 is 19.5 Å². The summed E-state index contributed by atoms with van der Waals surface area (Å²) >= 11 is 5.38. The van der Waals surface area contributed by atoms with Crippen LogP contribution in [0.15, 0.2) is 47.1 Å². The number of nitrogens with zero attached hydrogens (tertiary/aromatic N) is 3. The molecule has 25 heavy (non-hydrogen) atoms. The summed E-state index contributed by atoms with van der Waals surface area (Å²) < 4.78 is 5.14. The van der Waals surface area contributed by atoms with Crippen LogP contribution in [-0.4, -0.2) is 51.9 Å². The van der Waals surface area contributed by atoms with E-state index < -0.39 is 4.92 Å². The number of nitrogens with one attached hydrogen (secondary N) is 1. The second-order valence-corrected chi connectivity index (χ2v) is 5.88. The Morgan fingerprint density at radius 3 is 2.32 bits per heavy atom. The highest BCUT2D eigenvalue weighted by Gasteiger charge is 2.24. The number of nitro groups is 1. The number of benzene rings is 1. The van der Waals surface area contributed by atoms with E-state index in [2.05, 4.69) is 5.32 Å². The molecule has 2 aromatic rings. The minimum atomic E-state index is -0.447. The number of amides is 1. The molecule has 8 nitrogen and oxygen atoms in total. The van der Waals surface area contributed by atoms with Gasteiger partial charge in [-0.05, 0) is 36.5 Å². The van der Waals surface area contributed by atoms with E-state index in [0.717, 1.165) is 0 Å². The lowest BCUT2D eigenvalue weighted by Gasteiger charge is -2.35. The van der Waals surface area contributed by atoms with Gasteiger partial charge in [0, 0.05) is 44.0 Å². The highest BCUT2D eigenvalue weighted by molar-refractivity contribution is 7.80. The van der Waals surface area contributed by atoms with Crippen molar-refractivity contribution in [2.75, 3.05) is 31.5 Å². The molecular weight excluding hydrogens is 344 g/mol. The average Bonchev–Trinajstić information content (AvgIpc) is 3.16. The second kappa shape index (κ2) is 7.31. The topological polar surface area (TPSA) is 91.9 Å². The lowest BCUT2D eigenvalue weighted by molar-refractivity contribution is -0.384. The third-order valence-corrected chi connectivity index (χ3v) is 4.28. The van der Waals surface area contributed by atoms with E-state index in [1.165, 1.54) is 18.4 Å². The maximum atomic E-state index is 12.2. The van der Waals surface area contributed by atoms with E-state index in [0.29, 0.717) is 42.7 Å². The van der Waals surface area contributed by atoms with Gasteiger partial charge in [-0.3, -0.25) is 14.9 Å². The Balaban J connectivity index is 1.53. The highest BCUT2D eigenvalue weighted by Crippen LogP contribution is 2.16. The summed E-state index contributed by atoms with van der Waals surface area (Å²) in [7, 11) is 0. The molecule has 0 radical (unpaired) electrons. The Labute approximate surface area is 149 Å². The van der Waals surface area contributed by atoms with Crippen molar-refractivity contribution in [1.82, 2.24) is 9.80 Å². The fourth-order valence-corrected chi connectivity index (χ4v) is 2.84. The van der Waals surface area contributed by atoms with Crippen molar-refractivity contribution in [2.24, 2.45) is 0 Å². The summed E-state index contributed by atoms with van der Waals surface area (Å²) in [6.45, 7) is 2.29. The van der Waals surface area contributed by atoms with Crippen LogP contribution in [0.3, 0.4) is 0 Å². The molecule has 0 saturated carbocycles. The summed E-state index contributed by atoms with van der Waals surface area (Å²) in [4.78, 5) is 26.1. The Hall–Kier alpha value is -2.94. The van der Waals surface area contributed by atoms with E-state index in [1.54, 1.807) is 29.2 Å². The molecule has 1 N–H and O–H groups in total. The van der Waals surface area contributed by atoms with Crippen molar-refractivity contribution in [3.8, 4) is 0 Å². The van der Waals surface area contributed by atoms with Gasteiger partial charge in [0.25, 0.3) is 11.6 Å². The minimum absolute atomic E-state index is 0.0292. The number of piperazine rings is 1. The summed E-state index contributed by atoms with van der Waals surface area (Å²) in [5.41, 5.74) is 0.714. The lowest BCUT2D eigenvalue weighted by atomic mass is 10.3. The van der Waals surface area contributed by atoms with E-state index in [-0.39, 0.29) is 11.6 Å². The van der Waals surface area contributed by atoms with Gasteiger partial charge in [0.05, 0.1) is 11.2 Å². The zero-order chi connectivity index (χ0) is 17.8. The van der Waals surface area contributed by atoms with Crippen LogP contribution in [-0.2, 0) is 0 Å². The van der Waals surface area contributed by atoms with Gasteiger partial charge in [-0.2, -0.15) is 0 Å². The number of anilines is 1. The van der Waals surface area contributed by atoms with Crippen molar-refractivity contribution < 1.29 is 14.1 Å². The van der Waals surface area contributed by atoms with Gasteiger partial charge in [0.1, 0.15) is 0 Å². The molecule has 0 bridgehead atoms. The summed E-state index contributed by atoms with van der Waals surface area (Å²) in [6.07, 6.45) is 1.48. The molecule has 0 spiro atoms. The molecule has 1 aliphatic heterocycles. The maximum Gasteiger partial charge on any atom is 0.289 e. The number of hydrogen-bond acceptors (Lipinski definition) is 5. The predicted molar refractivity (Wildman–Crippen MR) is 95.5 cm³/mol. The Morgan fingerprint density at radius 1 is 1.12 bits per heavy atom. The molecule has 9 heteroatoms.